The maximum atomic E-state index is 4.00. The summed E-state index contributed by atoms with van der Waals surface area (Å²) < 4.78 is 0. The molecule has 1 aromatic rings. The Kier molecular flexibility index (Phi) is 20.6. The molecule has 0 heterocycles. The van der Waals surface area contributed by atoms with Gasteiger partial charge in [-0.05, 0) is 13.8 Å². The van der Waals surface area contributed by atoms with Gasteiger partial charge in [-0.1, -0.05) is 35.4 Å². The molecule has 0 nitrogen and oxygen atoms in total. The molecule has 13 heavy (non-hydrogen) atoms. The average molecular weight is 250 g/mol. The molecule has 1 heteroatoms. The standard InChI is InChI=1S/C8H10.C2H5.C2H2.Y/c1-7-3-5-8(2)6-4-7;2*1-2;/h3-6H,1-2H3;1H2,2H3;1-2H;/q;-1;;. The molecule has 1 rings (SSSR count). The average Bonchev–Trinajstić information content (AvgIpc) is 2.17. The van der Waals surface area contributed by atoms with E-state index in [0.29, 0.717) is 0 Å². The monoisotopic (exact) mass is 250 g/mol. The van der Waals surface area contributed by atoms with Crippen LogP contribution >= 0.6 is 0 Å². The number of terminal acetylenes is 1. The summed E-state index contributed by atoms with van der Waals surface area (Å²) in [5.41, 5.74) is 2.66. The second kappa shape index (κ2) is 14.4. The van der Waals surface area contributed by atoms with Crippen molar-refractivity contribution in [2.75, 3.05) is 0 Å². The number of hydrogen-bond acceptors (Lipinski definition) is 0. The van der Waals surface area contributed by atoms with Gasteiger partial charge in [0.05, 0.1) is 0 Å². The van der Waals surface area contributed by atoms with E-state index in [0.717, 1.165) is 0 Å². The van der Waals surface area contributed by atoms with Crippen molar-refractivity contribution in [2.45, 2.75) is 20.8 Å². The molecule has 0 atom stereocenters. The van der Waals surface area contributed by atoms with E-state index < -0.39 is 0 Å². The molecule has 0 spiro atoms. The van der Waals surface area contributed by atoms with E-state index in [1.54, 1.807) is 6.92 Å². The zero-order valence-corrected chi connectivity index (χ0v) is 11.6. The Morgan fingerprint density at radius 3 is 1.15 bits per heavy atom. The fourth-order valence-corrected chi connectivity index (χ4v) is 0.637. The Morgan fingerprint density at radius 2 is 1.00 bits per heavy atom. The van der Waals surface area contributed by atoms with E-state index >= 15 is 0 Å². The van der Waals surface area contributed by atoms with Crippen molar-refractivity contribution in [2.24, 2.45) is 0 Å². The van der Waals surface area contributed by atoms with Gasteiger partial charge in [0.15, 0.2) is 0 Å². The van der Waals surface area contributed by atoms with Crippen LogP contribution in [0.5, 0.6) is 0 Å². The van der Waals surface area contributed by atoms with Crippen molar-refractivity contribution >= 4 is 0 Å². The molecule has 0 fully saturated rings. The first-order valence-electron chi connectivity index (χ1n) is 3.86. The quantitative estimate of drug-likeness (QED) is 0.489. The van der Waals surface area contributed by atoms with Crippen molar-refractivity contribution in [1.29, 1.82) is 0 Å². The zero-order chi connectivity index (χ0) is 9.98. The minimum atomic E-state index is 0. The smallest absolute Gasteiger partial charge is 0 e. The molecule has 0 aliphatic heterocycles. The van der Waals surface area contributed by atoms with Gasteiger partial charge in [0.1, 0.15) is 0 Å². The Bertz CT molecular complexity index is 175. The summed E-state index contributed by atoms with van der Waals surface area (Å²) in [6.07, 6.45) is 8.00. The fourth-order valence-electron chi connectivity index (χ4n) is 0.637. The van der Waals surface area contributed by atoms with E-state index in [4.69, 9.17) is 0 Å². The maximum absolute atomic E-state index is 4.00. The maximum Gasteiger partial charge on any atom is 0 e. The number of hydrogen-bond donors (Lipinski definition) is 0. The van der Waals surface area contributed by atoms with Crippen LogP contribution in [0, 0.1) is 33.6 Å². The zero-order valence-electron chi connectivity index (χ0n) is 8.75. The molecule has 0 aliphatic rings. The van der Waals surface area contributed by atoms with Gasteiger partial charge in [-0.3, -0.25) is 0 Å². The predicted molar refractivity (Wildman–Crippen MR) is 56.8 cm³/mol. The van der Waals surface area contributed by atoms with Crippen LogP contribution in [-0.4, -0.2) is 0 Å². The Morgan fingerprint density at radius 1 is 0.846 bits per heavy atom. The van der Waals surface area contributed by atoms with Crippen LogP contribution in [0.2, 0.25) is 0 Å². The molecule has 0 aliphatic carbocycles. The summed E-state index contributed by atoms with van der Waals surface area (Å²) in [5, 5.41) is 0. The van der Waals surface area contributed by atoms with Crippen LogP contribution in [0.4, 0.5) is 0 Å². The van der Waals surface area contributed by atoms with Gasteiger partial charge in [-0.2, -0.15) is 6.92 Å². The molecule has 0 unspecified atom stereocenters. The van der Waals surface area contributed by atoms with Gasteiger partial charge >= 0.3 is 0 Å². The van der Waals surface area contributed by atoms with E-state index in [9.17, 15) is 0 Å². The molecule has 69 valence electrons. The van der Waals surface area contributed by atoms with Crippen LogP contribution in [0.3, 0.4) is 0 Å². The molecule has 0 bridgehead atoms. The van der Waals surface area contributed by atoms with E-state index in [1.165, 1.54) is 11.1 Å². The van der Waals surface area contributed by atoms with E-state index in [2.05, 4.69) is 57.9 Å². The van der Waals surface area contributed by atoms with Gasteiger partial charge < -0.3 is 6.92 Å². The molecule has 1 aromatic carbocycles. The van der Waals surface area contributed by atoms with Crippen molar-refractivity contribution in [3.8, 4) is 12.8 Å². The summed E-state index contributed by atoms with van der Waals surface area (Å²) in [5.74, 6) is 0. The first-order valence-corrected chi connectivity index (χ1v) is 3.86. The fraction of sp³-hybridized carbons (Fsp3) is 0.250. The summed E-state index contributed by atoms with van der Waals surface area (Å²) in [6.45, 7) is 9.19. The Hall–Kier alpha value is -0.116. The molecule has 0 aromatic heterocycles. The SMILES string of the molecule is C#C.Cc1ccc(C)cc1.[CH2-]C.[Y]. The largest absolute Gasteiger partial charge is 0.346 e. The molecule has 0 saturated carbocycles. The minimum Gasteiger partial charge on any atom is -0.346 e. The second-order valence-electron chi connectivity index (χ2n) is 2.15. The Balaban J connectivity index is -0.000000178. The Labute approximate surface area is 108 Å². The van der Waals surface area contributed by atoms with E-state index in [-0.39, 0.29) is 32.7 Å². The van der Waals surface area contributed by atoms with Crippen LogP contribution in [-0.2, 0) is 32.7 Å². The number of benzene rings is 1. The summed E-state index contributed by atoms with van der Waals surface area (Å²) >= 11 is 0. The minimum absolute atomic E-state index is 0. The van der Waals surface area contributed by atoms with E-state index in [1.807, 2.05) is 0 Å². The third kappa shape index (κ3) is 11.9. The number of aryl methyl sites for hydroxylation is 2. The molecular formula is C12H17Y-. The second-order valence-corrected chi connectivity index (χ2v) is 2.15. The molecule has 0 amide bonds. The van der Waals surface area contributed by atoms with Crippen LogP contribution in [0.25, 0.3) is 0 Å². The van der Waals surface area contributed by atoms with Gasteiger partial charge in [0.2, 0.25) is 0 Å². The summed E-state index contributed by atoms with van der Waals surface area (Å²) in [7, 11) is 0. The topological polar surface area (TPSA) is 0 Å². The summed E-state index contributed by atoms with van der Waals surface area (Å²) in [4.78, 5) is 0. The molecular weight excluding hydrogens is 233 g/mol. The van der Waals surface area contributed by atoms with Gasteiger partial charge in [-0.15, -0.1) is 12.8 Å². The van der Waals surface area contributed by atoms with Crippen molar-refractivity contribution in [3.05, 3.63) is 42.3 Å². The van der Waals surface area contributed by atoms with Crippen molar-refractivity contribution in [1.82, 2.24) is 0 Å². The van der Waals surface area contributed by atoms with Gasteiger partial charge in [0.25, 0.3) is 0 Å². The van der Waals surface area contributed by atoms with Gasteiger partial charge in [-0.25, -0.2) is 0 Å². The predicted octanol–water partition coefficient (Wildman–Crippen LogP) is 3.39. The third-order valence-electron chi connectivity index (χ3n) is 1.22. The summed E-state index contributed by atoms with van der Waals surface area (Å²) in [6, 6.07) is 8.48. The third-order valence-corrected chi connectivity index (χ3v) is 1.22. The molecule has 0 N–H and O–H groups in total. The normalized spacial score (nSPS) is 6.31. The molecule has 1 radical (unpaired) electrons. The van der Waals surface area contributed by atoms with Crippen molar-refractivity contribution < 1.29 is 32.7 Å². The van der Waals surface area contributed by atoms with Crippen LogP contribution in [0.15, 0.2) is 24.3 Å². The van der Waals surface area contributed by atoms with Crippen molar-refractivity contribution in [3.63, 3.8) is 0 Å². The first-order chi connectivity index (χ1) is 5.79. The van der Waals surface area contributed by atoms with Crippen LogP contribution < -0.4 is 0 Å². The van der Waals surface area contributed by atoms with Crippen LogP contribution in [0.1, 0.15) is 18.1 Å². The van der Waals surface area contributed by atoms with Gasteiger partial charge in [0, 0.05) is 32.7 Å². The number of rotatable bonds is 0. The molecule has 0 saturated heterocycles. The first kappa shape index (κ1) is 18.6.